The summed E-state index contributed by atoms with van der Waals surface area (Å²) in [6.45, 7) is 2.22. The molecule has 3 rings (SSSR count). The highest BCUT2D eigenvalue weighted by atomic mass is 16.5. The molecule has 0 bridgehead atoms. The Hall–Kier alpha value is -2.15. The quantitative estimate of drug-likeness (QED) is 0.806. The molecule has 0 N–H and O–H groups in total. The van der Waals surface area contributed by atoms with Gasteiger partial charge in [-0.15, -0.1) is 0 Å². The minimum atomic E-state index is -0.139. The van der Waals surface area contributed by atoms with Crippen LogP contribution in [0.25, 0.3) is 0 Å². The summed E-state index contributed by atoms with van der Waals surface area (Å²) in [7, 11) is 3.53. The van der Waals surface area contributed by atoms with Crippen molar-refractivity contribution in [3.8, 4) is 0 Å². The van der Waals surface area contributed by atoms with Crippen molar-refractivity contribution in [3.05, 3.63) is 34.4 Å². The summed E-state index contributed by atoms with van der Waals surface area (Å²) in [5.74, 6) is 0.530. The fourth-order valence-corrected chi connectivity index (χ4v) is 3.22. The maximum atomic E-state index is 12.5. The summed E-state index contributed by atoms with van der Waals surface area (Å²) in [6, 6.07) is 0. The number of hydrogen-bond donors (Lipinski definition) is 0. The lowest BCUT2D eigenvalue weighted by Crippen LogP contribution is -2.50. The van der Waals surface area contributed by atoms with Gasteiger partial charge in [0, 0.05) is 51.7 Å². The lowest BCUT2D eigenvalue weighted by Gasteiger charge is -2.35. The Bertz CT molecular complexity index is 697. The number of carbonyl (C=O) groups is 1. The van der Waals surface area contributed by atoms with E-state index in [1.165, 1.54) is 4.57 Å². The van der Waals surface area contributed by atoms with E-state index in [9.17, 15) is 9.59 Å². The first-order valence-electron chi connectivity index (χ1n) is 8.39. The number of carbonyl (C=O) groups excluding carboxylic acids is 1. The second-order valence-electron chi connectivity index (χ2n) is 6.41. The van der Waals surface area contributed by atoms with Crippen LogP contribution in [0.2, 0.25) is 0 Å². The largest absolute Gasteiger partial charge is 0.373 e. The van der Waals surface area contributed by atoms with Crippen LogP contribution in [0.3, 0.4) is 0 Å². The SMILES string of the molecule is CN(C[C@H]1CN(C(=O)C2=CCCC2)CCO1)c1nccn(C)c1=O. The number of aromatic nitrogens is 2. The van der Waals surface area contributed by atoms with Gasteiger partial charge in [0.05, 0.1) is 12.7 Å². The predicted molar refractivity (Wildman–Crippen MR) is 91.0 cm³/mol. The number of amides is 1. The van der Waals surface area contributed by atoms with E-state index >= 15 is 0 Å². The Morgan fingerprint density at radius 3 is 3.08 bits per heavy atom. The van der Waals surface area contributed by atoms with Gasteiger partial charge < -0.3 is 19.1 Å². The zero-order valence-electron chi connectivity index (χ0n) is 14.3. The molecule has 0 saturated carbocycles. The molecule has 1 aliphatic heterocycles. The van der Waals surface area contributed by atoms with Crippen LogP contribution < -0.4 is 10.5 Å². The first kappa shape index (κ1) is 16.7. The van der Waals surface area contributed by atoms with Gasteiger partial charge in [-0.2, -0.15) is 0 Å². The highest BCUT2D eigenvalue weighted by molar-refractivity contribution is 5.93. The van der Waals surface area contributed by atoms with Crippen molar-refractivity contribution in [2.24, 2.45) is 7.05 Å². The summed E-state index contributed by atoms with van der Waals surface area (Å²) < 4.78 is 7.29. The topological polar surface area (TPSA) is 67.7 Å². The van der Waals surface area contributed by atoms with E-state index in [2.05, 4.69) is 11.1 Å². The molecule has 1 aromatic heterocycles. The fourth-order valence-electron chi connectivity index (χ4n) is 3.22. The van der Waals surface area contributed by atoms with Crippen LogP contribution in [0.5, 0.6) is 0 Å². The Balaban J connectivity index is 1.63. The molecule has 2 aliphatic rings. The van der Waals surface area contributed by atoms with E-state index in [1.807, 2.05) is 11.9 Å². The molecule has 1 aliphatic carbocycles. The van der Waals surface area contributed by atoms with Crippen LogP contribution in [-0.2, 0) is 16.6 Å². The van der Waals surface area contributed by atoms with Crippen LogP contribution in [0, 0.1) is 0 Å². The molecule has 1 fully saturated rings. The molecule has 7 heteroatoms. The van der Waals surface area contributed by atoms with Crippen LogP contribution in [0.1, 0.15) is 19.3 Å². The number of anilines is 1. The van der Waals surface area contributed by atoms with Crippen LogP contribution in [0.4, 0.5) is 5.82 Å². The van der Waals surface area contributed by atoms with Gasteiger partial charge in [-0.25, -0.2) is 4.98 Å². The normalized spacial score (nSPS) is 20.8. The first-order chi connectivity index (χ1) is 11.6. The number of likely N-dealkylation sites (N-methyl/N-ethyl adjacent to an activating group) is 1. The highest BCUT2D eigenvalue weighted by Crippen LogP contribution is 2.21. The van der Waals surface area contributed by atoms with E-state index in [0.29, 0.717) is 32.1 Å². The van der Waals surface area contributed by atoms with Gasteiger partial charge in [-0.3, -0.25) is 9.59 Å². The Morgan fingerprint density at radius 2 is 2.33 bits per heavy atom. The summed E-state index contributed by atoms with van der Waals surface area (Å²) in [5, 5.41) is 0. The van der Waals surface area contributed by atoms with E-state index in [0.717, 1.165) is 24.8 Å². The van der Waals surface area contributed by atoms with Crippen LogP contribution >= 0.6 is 0 Å². The standard InChI is InChI=1S/C17H24N4O3/c1-19-8-7-18-15(17(19)23)20(2)11-14-12-21(9-10-24-14)16(22)13-5-3-4-6-13/h5,7-8,14H,3-4,6,9-12H2,1-2H3/t14-/m0/s1. The molecule has 24 heavy (non-hydrogen) atoms. The number of hydrogen-bond acceptors (Lipinski definition) is 5. The van der Waals surface area contributed by atoms with Crippen LogP contribution in [0.15, 0.2) is 28.8 Å². The average Bonchev–Trinajstić information content (AvgIpc) is 3.11. The summed E-state index contributed by atoms with van der Waals surface area (Å²) in [5.41, 5.74) is 0.794. The molecule has 1 aromatic rings. The number of morpholine rings is 1. The summed E-state index contributed by atoms with van der Waals surface area (Å²) in [4.78, 5) is 32.5. The monoisotopic (exact) mass is 332 g/mol. The van der Waals surface area contributed by atoms with E-state index in [4.69, 9.17) is 4.74 Å². The van der Waals surface area contributed by atoms with Gasteiger partial charge in [0.25, 0.3) is 5.56 Å². The molecule has 1 saturated heterocycles. The molecule has 0 radical (unpaired) electrons. The molecule has 130 valence electrons. The third-order valence-corrected chi connectivity index (χ3v) is 4.58. The molecular formula is C17H24N4O3. The molecular weight excluding hydrogens is 308 g/mol. The molecule has 0 spiro atoms. The Labute approximate surface area is 141 Å². The fraction of sp³-hybridized carbons (Fsp3) is 0.588. The first-order valence-corrected chi connectivity index (χ1v) is 8.39. The maximum absolute atomic E-state index is 12.5. The summed E-state index contributed by atoms with van der Waals surface area (Å²) in [6.07, 6.45) is 8.12. The number of ether oxygens (including phenoxy) is 1. The van der Waals surface area contributed by atoms with Crippen molar-refractivity contribution < 1.29 is 9.53 Å². The zero-order chi connectivity index (χ0) is 17.1. The van der Waals surface area contributed by atoms with Crippen molar-refractivity contribution in [1.29, 1.82) is 0 Å². The average molecular weight is 332 g/mol. The molecule has 0 aromatic carbocycles. The number of aryl methyl sites for hydroxylation is 1. The van der Waals surface area contributed by atoms with Gasteiger partial charge in [-0.1, -0.05) is 6.08 Å². The predicted octanol–water partition coefficient (Wildman–Crippen LogP) is 0.554. The smallest absolute Gasteiger partial charge is 0.293 e. The second-order valence-corrected chi connectivity index (χ2v) is 6.41. The minimum absolute atomic E-state index is 0.124. The Kier molecular flexibility index (Phi) is 4.99. The molecule has 1 amide bonds. The third kappa shape index (κ3) is 3.51. The summed E-state index contributed by atoms with van der Waals surface area (Å²) >= 11 is 0. The van der Waals surface area contributed by atoms with E-state index < -0.39 is 0 Å². The zero-order valence-corrected chi connectivity index (χ0v) is 14.3. The van der Waals surface area contributed by atoms with E-state index in [1.54, 1.807) is 24.3 Å². The molecule has 0 unspecified atom stereocenters. The lowest BCUT2D eigenvalue weighted by atomic mass is 10.1. The van der Waals surface area contributed by atoms with Crippen molar-refractivity contribution in [2.75, 3.05) is 38.2 Å². The third-order valence-electron chi connectivity index (χ3n) is 4.58. The molecule has 2 heterocycles. The van der Waals surface area contributed by atoms with Crippen molar-refractivity contribution in [2.45, 2.75) is 25.4 Å². The van der Waals surface area contributed by atoms with Crippen LogP contribution in [-0.4, -0.2) is 59.8 Å². The van der Waals surface area contributed by atoms with Gasteiger partial charge in [0.15, 0.2) is 5.82 Å². The number of rotatable bonds is 4. The van der Waals surface area contributed by atoms with Crippen molar-refractivity contribution in [3.63, 3.8) is 0 Å². The van der Waals surface area contributed by atoms with Gasteiger partial charge in [0.1, 0.15) is 0 Å². The molecule has 1 atom stereocenters. The maximum Gasteiger partial charge on any atom is 0.293 e. The van der Waals surface area contributed by atoms with Crippen molar-refractivity contribution >= 4 is 11.7 Å². The second kappa shape index (κ2) is 7.17. The van der Waals surface area contributed by atoms with Gasteiger partial charge in [0.2, 0.25) is 5.91 Å². The highest BCUT2D eigenvalue weighted by Gasteiger charge is 2.28. The van der Waals surface area contributed by atoms with Gasteiger partial charge >= 0.3 is 0 Å². The van der Waals surface area contributed by atoms with Gasteiger partial charge in [-0.05, 0) is 19.3 Å². The lowest BCUT2D eigenvalue weighted by molar-refractivity contribution is -0.134. The minimum Gasteiger partial charge on any atom is -0.373 e. The Morgan fingerprint density at radius 1 is 1.50 bits per heavy atom. The van der Waals surface area contributed by atoms with Crippen molar-refractivity contribution in [1.82, 2.24) is 14.5 Å². The molecule has 7 nitrogen and oxygen atoms in total. The number of allylic oxidation sites excluding steroid dienone is 1. The number of nitrogens with zero attached hydrogens (tertiary/aromatic N) is 4. The van der Waals surface area contributed by atoms with E-state index in [-0.39, 0.29) is 17.6 Å².